The summed E-state index contributed by atoms with van der Waals surface area (Å²) in [6.45, 7) is 6.43. The summed E-state index contributed by atoms with van der Waals surface area (Å²) in [6, 6.07) is 0. The van der Waals surface area contributed by atoms with Crippen molar-refractivity contribution < 1.29 is 5.11 Å². The Morgan fingerprint density at radius 3 is 2.05 bits per heavy atom. The standard InChI is InChI=1S/C19H39NO/c1-3-5-6-7-8-9-10-11-16-20-17-19(21)14-12-18(4-2)13-15-19/h18,20-21H,3-17H2,1-2H3. The lowest BCUT2D eigenvalue weighted by Crippen LogP contribution is -2.43. The highest BCUT2D eigenvalue weighted by atomic mass is 16.3. The summed E-state index contributed by atoms with van der Waals surface area (Å²) < 4.78 is 0. The van der Waals surface area contributed by atoms with Crippen molar-refractivity contribution in [3.63, 3.8) is 0 Å². The van der Waals surface area contributed by atoms with Crippen LogP contribution in [0.25, 0.3) is 0 Å². The zero-order valence-corrected chi connectivity index (χ0v) is 14.6. The Balaban J connectivity index is 1.90. The molecular weight excluding hydrogens is 258 g/mol. The van der Waals surface area contributed by atoms with Gasteiger partial charge in [-0.05, 0) is 44.6 Å². The lowest BCUT2D eigenvalue weighted by Gasteiger charge is -2.36. The van der Waals surface area contributed by atoms with Crippen molar-refractivity contribution in [1.29, 1.82) is 0 Å². The van der Waals surface area contributed by atoms with Crippen LogP contribution in [-0.4, -0.2) is 23.8 Å². The molecule has 126 valence electrons. The fourth-order valence-corrected chi connectivity index (χ4v) is 3.50. The van der Waals surface area contributed by atoms with E-state index in [1.165, 1.54) is 70.6 Å². The zero-order chi connectivity index (χ0) is 15.4. The molecule has 1 aliphatic carbocycles. The first-order valence-corrected chi connectivity index (χ1v) is 9.63. The maximum atomic E-state index is 10.5. The number of hydrogen-bond donors (Lipinski definition) is 2. The van der Waals surface area contributed by atoms with Gasteiger partial charge in [-0.1, -0.05) is 65.2 Å². The second-order valence-corrected chi connectivity index (χ2v) is 7.23. The van der Waals surface area contributed by atoms with E-state index in [2.05, 4.69) is 19.2 Å². The summed E-state index contributed by atoms with van der Waals surface area (Å²) in [4.78, 5) is 0. The fraction of sp³-hybridized carbons (Fsp3) is 1.00. The van der Waals surface area contributed by atoms with Crippen LogP contribution in [0.4, 0.5) is 0 Å². The van der Waals surface area contributed by atoms with Gasteiger partial charge >= 0.3 is 0 Å². The van der Waals surface area contributed by atoms with Gasteiger partial charge in [-0.25, -0.2) is 0 Å². The minimum Gasteiger partial charge on any atom is -0.389 e. The summed E-state index contributed by atoms with van der Waals surface area (Å²) >= 11 is 0. The quantitative estimate of drug-likeness (QED) is 0.494. The Hall–Kier alpha value is -0.0800. The molecule has 0 heterocycles. The second-order valence-electron chi connectivity index (χ2n) is 7.23. The Morgan fingerprint density at radius 2 is 1.48 bits per heavy atom. The van der Waals surface area contributed by atoms with Crippen molar-refractivity contribution in [2.24, 2.45) is 5.92 Å². The average molecular weight is 298 g/mol. The van der Waals surface area contributed by atoms with Crippen molar-refractivity contribution in [3.05, 3.63) is 0 Å². The highest BCUT2D eigenvalue weighted by molar-refractivity contribution is 4.86. The molecule has 0 spiro atoms. The van der Waals surface area contributed by atoms with Crippen LogP contribution in [0.3, 0.4) is 0 Å². The first kappa shape index (κ1) is 19.0. The lowest BCUT2D eigenvalue weighted by atomic mass is 9.78. The molecule has 21 heavy (non-hydrogen) atoms. The minimum atomic E-state index is -0.411. The van der Waals surface area contributed by atoms with Crippen LogP contribution in [0.2, 0.25) is 0 Å². The van der Waals surface area contributed by atoms with E-state index in [4.69, 9.17) is 0 Å². The Bertz CT molecular complexity index is 234. The van der Waals surface area contributed by atoms with E-state index in [0.29, 0.717) is 0 Å². The van der Waals surface area contributed by atoms with Gasteiger partial charge in [-0.3, -0.25) is 0 Å². The van der Waals surface area contributed by atoms with Gasteiger partial charge in [0.1, 0.15) is 0 Å². The van der Waals surface area contributed by atoms with Gasteiger partial charge in [0, 0.05) is 6.54 Å². The van der Waals surface area contributed by atoms with Crippen LogP contribution in [-0.2, 0) is 0 Å². The molecule has 2 heteroatoms. The molecule has 0 radical (unpaired) electrons. The summed E-state index contributed by atoms with van der Waals surface area (Å²) in [5, 5.41) is 14.0. The van der Waals surface area contributed by atoms with Crippen molar-refractivity contribution in [3.8, 4) is 0 Å². The first-order valence-electron chi connectivity index (χ1n) is 9.63. The van der Waals surface area contributed by atoms with Crippen molar-refractivity contribution in [2.45, 2.75) is 103 Å². The molecule has 0 aromatic heterocycles. The van der Waals surface area contributed by atoms with Gasteiger partial charge in [-0.2, -0.15) is 0 Å². The third-order valence-electron chi connectivity index (χ3n) is 5.27. The van der Waals surface area contributed by atoms with E-state index < -0.39 is 5.60 Å². The summed E-state index contributed by atoms with van der Waals surface area (Å²) in [7, 11) is 0. The van der Waals surface area contributed by atoms with Crippen LogP contribution in [0.15, 0.2) is 0 Å². The zero-order valence-electron chi connectivity index (χ0n) is 14.6. The maximum absolute atomic E-state index is 10.5. The monoisotopic (exact) mass is 297 g/mol. The average Bonchev–Trinajstić information content (AvgIpc) is 2.50. The van der Waals surface area contributed by atoms with Crippen molar-refractivity contribution in [1.82, 2.24) is 5.32 Å². The van der Waals surface area contributed by atoms with Crippen LogP contribution in [0, 0.1) is 5.92 Å². The SMILES string of the molecule is CCCCCCCCCCNCC1(O)CCC(CC)CC1. The van der Waals surface area contributed by atoms with Gasteiger partial charge in [0.25, 0.3) is 0 Å². The van der Waals surface area contributed by atoms with E-state index in [0.717, 1.165) is 31.8 Å². The molecule has 0 unspecified atom stereocenters. The Kier molecular flexibility index (Phi) is 10.4. The molecular formula is C19H39NO. The van der Waals surface area contributed by atoms with E-state index in [1.54, 1.807) is 0 Å². The molecule has 0 aromatic rings. The second kappa shape index (κ2) is 11.5. The van der Waals surface area contributed by atoms with Gasteiger partial charge < -0.3 is 10.4 Å². The molecule has 0 amide bonds. The lowest BCUT2D eigenvalue weighted by molar-refractivity contribution is -0.00847. The molecule has 1 saturated carbocycles. The van der Waals surface area contributed by atoms with Crippen LogP contribution in [0.5, 0.6) is 0 Å². The van der Waals surface area contributed by atoms with Gasteiger partial charge in [0.05, 0.1) is 5.60 Å². The Morgan fingerprint density at radius 1 is 0.905 bits per heavy atom. The predicted molar refractivity (Wildman–Crippen MR) is 92.7 cm³/mol. The van der Waals surface area contributed by atoms with Gasteiger partial charge in [-0.15, -0.1) is 0 Å². The minimum absolute atomic E-state index is 0.411. The van der Waals surface area contributed by atoms with Gasteiger partial charge in [0.2, 0.25) is 0 Å². The van der Waals surface area contributed by atoms with Crippen LogP contribution < -0.4 is 5.32 Å². The highest BCUT2D eigenvalue weighted by Gasteiger charge is 2.31. The first-order chi connectivity index (χ1) is 10.2. The summed E-state index contributed by atoms with van der Waals surface area (Å²) in [5.74, 6) is 0.859. The summed E-state index contributed by atoms with van der Waals surface area (Å²) in [5.41, 5.74) is -0.411. The Labute approximate surface area is 133 Å². The molecule has 0 atom stereocenters. The number of rotatable bonds is 12. The molecule has 0 aromatic carbocycles. The molecule has 1 aliphatic rings. The van der Waals surface area contributed by atoms with Crippen LogP contribution >= 0.6 is 0 Å². The molecule has 0 saturated heterocycles. The maximum Gasteiger partial charge on any atom is 0.0771 e. The predicted octanol–water partition coefficient (Wildman–Crippen LogP) is 5.05. The molecule has 0 aliphatic heterocycles. The molecule has 2 N–H and O–H groups in total. The third-order valence-corrected chi connectivity index (χ3v) is 5.27. The number of aliphatic hydroxyl groups is 1. The summed E-state index contributed by atoms with van der Waals surface area (Å²) in [6.07, 6.45) is 16.7. The molecule has 1 rings (SSSR count). The normalized spacial score (nSPS) is 26.1. The van der Waals surface area contributed by atoms with E-state index in [9.17, 15) is 5.11 Å². The highest BCUT2D eigenvalue weighted by Crippen LogP contribution is 2.33. The smallest absolute Gasteiger partial charge is 0.0771 e. The molecule has 2 nitrogen and oxygen atoms in total. The van der Waals surface area contributed by atoms with Gasteiger partial charge in [0.15, 0.2) is 0 Å². The molecule has 0 bridgehead atoms. The topological polar surface area (TPSA) is 32.3 Å². The number of hydrogen-bond acceptors (Lipinski definition) is 2. The molecule has 1 fully saturated rings. The van der Waals surface area contributed by atoms with E-state index >= 15 is 0 Å². The fourth-order valence-electron chi connectivity index (χ4n) is 3.50. The number of nitrogens with one attached hydrogen (secondary N) is 1. The van der Waals surface area contributed by atoms with E-state index in [-0.39, 0.29) is 0 Å². The van der Waals surface area contributed by atoms with E-state index in [1.807, 2.05) is 0 Å². The van der Waals surface area contributed by atoms with Crippen molar-refractivity contribution >= 4 is 0 Å². The third kappa shape index (κ3) is 8.83. The van der Waals surface area contributed by atoms with Crippen molar-refractivity contribution in [2.75, 3.05) is 13.1 Å². The largest absolute Gasteiger partial charge is 0.389 e. The van der Waals surface area contributed by atoms with Crippen LogP contribution in [0.1, 0.15) is 97.3 Å². The number of unbranched alkanes of at least 4 members (excludes halogenated alkanes) is 7.